The Bertz CT molecular complexity index is 1300. The van der Waals surface area contributed by atoms with Gasteiger partial charge in [0.2, 0.25) is 5.66 Å². The van der Waals surface area contributed by atoms with E-state index in [4.69, 9.17) is 14.2 Å². The van der Waals surface area contributed by atoms with Crippen molar-refractivity contribution in [1.29, 1.82) is 0 Å². The highest BCUT2D eigenvalue weighted by atomic mass is 16.5. The Balaban J connectivity index is 2.04. The maximum atomic E-state index is 13.2. The van der Waals surface area contributed by atoms with E-state index in [9.17, 15) is 14.4 Å². The average molecular weight is 450 g/mol. The zero-order chi connectivity index (χ0) is 23.8. The lowest BCUT2D eigenvalue weighted by atomic mass is 9.97. The third kappa shape index (κ3) is 3.59. The summed E-state index contributed by atoms with van der Waals surface area (Å²) in [5.41, 5.74) is -0.0584. The lowest BCUT2D eigenvalue weighted by molar-refractivity contribution is -0.157. The van der Waals surface area contributed by atoms with E-state index in [1.54, 1.807) is 36.4 Å². The van der Waals surface area contributed by atoms with Crippen LogP contribution in [0.1, 0.15) is 12.0 Å². The van der Waals surface area contributed by atoms with E-state index in [1.807, 2.05) is 13.0 Å². The summed E-state index contributed by atoms with van der Waals surface area (Å²) in [7, 11) is 3.96. The minimum Gasteiger partial charge on any atom is -0.497 e. The maximum absolute atomic E-state index is 13.2. The minimum atomic E-state index is -1.82. The number of fused-ring (bicyclic) bond motifs is 3. The number of esters is 2. The van der Waals surface area contributed by atoms with Crippen molar-refractivity contribution < 1.29 is 23.8 Å². The second-order valence-electron chi connectivity index (χ2n) is 7.46. The number of carbonyl (C=O) groups excluding carboxylic acids is 2. The number of benzene rings is 2. The monoisotopic (exact) mass is 450 g/mol. The number of anilines is 1. The second kappa shape index (κ2) is 8.38. The van der Waals surface area contributed by atoms with Crippen LogP contribution in [0.15, 0.2) is 47.3 Å². The van der Waals surface area contributed by atoms with E-state index in [-0.39, 0.29) is 11.5 Å². The van der Waals surface area contributed by atoms with Gasteiger partial charge in [-0.25, -0.2) is 9.48 Å². The summed E-state index contributed by atoms with van der Waals surface area (Å²) in [6, 6.07) is 12.1. The first-order chi connectivity index (χ1) is 15.8. The molecular formula is C23H22N4O6. The molecule has 0 saturated carbocycles. The van der Waals surface area contributed by atoms with E-state index in [2.05, 4.69) is 15.4 Å². The van der Waals surface area contributed by atoms with Crippen molar-refractivity contribution in [3.8, 4) is 28.4 Å². The summed E-state index contributed by atoms with van der Waals surface area (Å²) in [5, 5.41) is 7.64. The van der Waals surface area contributed by atoms with Crippen molar-refractivity contribution in [2.75, 3.05) is 26.6 Å². The predicted octanol–water partition coefficient (Wildman–Crippen LogP) is 2.10. The summed E-state index contributed by atoms with van der Waals surface area (Å²) in [4.78, 5) is 42.9. The number of para-hydroxylation sites is 1. The molecule has 2 aromatic carbocycles. The van der Waals surface area contributed by atoms with Gasteiger partial charge in [-0.3, -0.25) is 9.59 Å². The Morgan fingerprint density at radius 1 is 1.06 bits per heavy atom. The fourth-order valence-electron chi connectivity index (χ4n) is 3.82. The van der Waals surface area contributed by atoms with Gasteiger partial charge in [-0.1, -0.05) is 12.1 Å². The molecule has 0 radical (unpaired) electrons. The average Bonchev–Trinajstić information content (AvgIpc) is 2.83. The molecule has 0 aliphatic carbocycles. The van der Waals surface area contributed by atoms with Crippen molar-refractivity contribution >= 4 is 17.6 Å². The Kier molecular flexibility index (Phi) is 5.59. The van der Waals surface area contributed by atoms with Crippen LogP contribution in [0.3, 0.4) is 0 Å². The van der Waals surface area contributed by atoms with Crippen molar-refractivity contribution in [3.63, 3.8) is 0 Å². The molecule has 4 rings (SSSR count). The molecule has 0 amide bonds. The van der Waals surface area contributed by atoms with Gasteiger partial charge >= 0.3 is 11.9 Å². The number of hydrogen-bond acceptors (Lipinski definition) is 9. The number of methoxy groups -OCH3 is 3. The molecule has 1 N–H and O–H groups in total. The van der Waals surface area contributed by atoms with Crippen LogP contribution in [-0.2, 0) is 24.7 Å². The Morgan fingerprint density at radius 2 is 1.79 bits per heavy atom. The number of aryl methyl sites for hydroxylation is 1. The molecule has 1 unspecified atom stereocenters. The Morgan fingerprint density at radius 3 is 2.42 bits per heavy atom. The number of carbonyl (C=O) groups is 2. The molecule has 1 atom stereocenters. The third-order valence-corrected chi connectivity index (χ3v) is 5.53. The Labute approximate surface area is 189 Å². The van der Waals surface area contributed by atoms with Gasteiger partial charge in [-0.15, -0.1) is 0 Å². The summed E-state index contributed by atoms with van der Waals surface area (Å²) >= 11 is 0. The number of nitrogens with one attached hydrogen (secondary N) is 1. The molecule has 1 aliphatic heterocycles. The van der Waals surface area contributed by atoms with Crippen LogP contribution >= 0.6 is 0 Å². The molecule has 0 saturated heterocycles. The molecule has 10 nitrogen and oxygen atoms in total. The van der Waals surface area contributed by atoms with E-state index in [1.165, 1.54) is 26.0 Å². The van der Waals surface area contributed by atoms with Crippen LogP contribution in [-0.4, -0.2) is 48.0 Å². The van der Waals surface area contributed by atoms with Gasteiger partial charge in [0, 0.05) is 11.1 Å². The topological polar surface area (TPSA) is 122 Å². The van der Waals surface area contributed by atoms with Gasteiger partial charge in [0.05, 0.1) is 27.0 Å². The fourth-order valence-corrected chi connectivity index (χ4v) is 3.82. The van der Waals surface area contributed by atoms with E-state index in [0.717, 1.165) is 5.56 Å². The maximum Gasteiger partial charge on any atom is 0.355 e. The first kappa shape index (κ1) is 22.0. The first-order valence-electron chi connectivity index (χ1n) is 10.0. The number of hydrogen-bond donors (Lipinski definition) is 1. The van der Waals surface area contributed by atoms with Gasteiger partial charge in [0.25, 0.3) is 5.56 Å². The van der Waals surface area contributed by atoms with E-state index < -0.39 is 29.6 Å². The molecule has 170 valence electrons. The molecular weight excluding hydrogens is 428 g/mol. The molecule has 0 spiro atoms. The van der Waals surface area contributed by atoms with Gasteiger partial charge in [-0.05, 0) is 42.8 Å². The van der Waals surface area contributed by atoms with Crippen LogP contribution in [0.25, 0.3) is 22.6 Å². The van der Waals surface area contributed by atoms with Crippen LogP contribution in [0, 0.1) is 6.92 Å². The fraction of sp³-hybridized carbons (Fsp3) is 0.261. The number of aromatic nitrogens is 3. The normalized spacial score (nSPS) is 16.1. The highest BCUT2D eigenvalue weighted by Crippen LogP contribution is 2.41. The molecule has 0 bridgehead atoms. The molecule has 3 aromatic rings. The van der Waals surface area contributed by atoms with Crippen LogP contribution in [0.2, 0.25) is 0 Å². The third-order valence-electron chi connectivity index (χ3n) is 5.53. The van der Waals surface area contributed by atoms with Crippen LogP contribution in [0.4, 0.5) is 5.69 Å². The lowest BCUT2D eigenvalue weighted by Crippen LogP contribution is -2.55. The minimum absolute atomic E-state index is 0.00236. The molecule has 0 fully saturated rings. The van der Waals surface area contributed by atoms with Gasteiger partial charge in [-0.2, -0.15) is 10.1 Å². The van der Waals surface area contributed by atoms with Gasteiger partial charge in [0.1, 0.15) is 12.2 Å². The van der Waals surface area contributed by atoms with E-state index >= 15 is 0 Å². The highest BCUT2D eigenvalue weighted by molar-refractivity contribution is 5.92. The molecule has 1 aromatic heterocycles. The zero-order valence-corrected chi connectivity index (χ0v) is 18.5. The SMILES string of the molecule is COC(=O)CC1(C(=O)OC)Nc2c(C)cccc2-c2nc(=O)c(-c3ccc(OC)cc3)nn21. The Hall–Kier alpha value is -4.21. The zero-order valence-electron chi connectivity index (χ0n) is 18.5. The van der Waals surface area contributed by atoms with Crippen molar-refractivity contribution in [3.05, 3.63) is 58.4 Å². The first-order valence-corrected chi connectivity index (χ1v) is 10.0. The predicted molar refractivity (Wildman–Crippen MR) is 119 cm³/mol. The van der Waals surface area contributed by atoms with Crippen molar-refractivity contribution in [2.24, 2.45) is 0 Å². The summed E-state index contributed by atoms with van der Waals surface area (Å²) in [5.74, 6) is -0.737. The number of rotatable bonds is 5. The van der Waals surface area contributed by atoms with Crippen molar-refractivity contribution in [2.45, 2.75) is 19.0 Å². The standard InChI is InChI=1S/C23H22N4O6/c1-13-6-5-7-16-18(13)25-23(22(30)33-4,12-17(28)32-3)27-20(16)24-21(29)19(26-27)14-8-10-15(31-2)11-9-14/h5-11,25H,12H2,1-4H3. The van der Waals surface area contributed by atoms with Gasteiger partial charge in [0.15, 0.2) is 11.5 Å². The number of nitrogens with zero attached hydrogens (tertiary/aromatic N) is 3. The highest BCUT2D eigenvalue weighted by Gasteiger charge is 2.50. The molecule has 10 heteroatoms. The summed E-state index contributed by atoms with van der Waals surface area (Å²) in [6.45, 7) is 1.83. The summed E-state index contributed by atoms with van der Waals surface area (Å²) in [6.07, 6.45) is -0.448. The van der Waals surface area contributed by atoms with Gasteiger partial charge < -0.3 is 19.5 Å². The largest absolute Gasteiger partial charge is 0.497 e. The quantitative estimate of drug-likeness (QED) is 0.582. The molecule has 1 aliphatic rings. The molecule has 2 heterocycles. The van der Waals surface area contributed by atoms with Crippen LogP contribution < -0.4 is 15.6 Å². The second-order valence-corrected chi connectivity index (χ2v) is 7.46. The van der Waals surface area contributed by atoms with Crippen LogP contribution in [0.5, 0.6) is 5.75 Å². The van der Waals surface area contributed by atoms with Crippen molar-refractivity contribution in [1.82, 2.24) is 14.8 Å². The number of ether oxygens (including phenoxy) is 3. The van der Waals surface area contributed by atoms with E-state index in [0.29, 0.717) is 22.6 Å². The molecule has 33 heavy (non-hydrogen) atoms. The summed E-state index contributed by atoms with van der Waals surface area (Å²) < 4.78 is 16.3. The smallest absolute Gasteiger partial charge is 0.355 e. The lowest BCUT2D eigenvalue weighted by Gasteiger charge is -2.39.